The average Bonchev–Trinajstić information content (AvgIpc) is 2.56. The SMILES string of the molecule is CC(C)(CN)Cn1c(=O)[nH]c2ccccc21. The van der Waals surface area contributed by atoms with E-state index in [2.05, 4.69) is 18.8 Å². The largest absolute Gasteiger partial charge is 0.330 e. The summed E-state index contributed by atoms with van der Waals surface area (Å²) in [5.74, 6) is 0. The molecule has 0 saturated heterocycles. The van der Waals surface area contributed by atoms with Gasteiger partial charge in [-0.25, -0.2) is 4.79 Å². The zero-order chi connectivity index (χ0) is 11.8. The van der Waals surface area contributed by atoms with Gasteiger partial charge in [-0.2, -0.15) is 0 Å². The third-order valence-electron chi connectivity index (χ3n) is 2.82. The Hall–Kier alpha value is -1.55. The number of hydrogen-bond donors (Lipinski definition) is 2. The lowest BCUT2D eigenvalue weighted by molar-refractivity contribution is 0.318. The van der Waals surface area contributed by atoms with Crippen molar-refractivity contribution in [3.8, 4) is 0 Å². The smallest absolute Gasteiger partial charge is 0.326 e. The molecule has 0 radical (unpaired) electrons. The molecule has 0 aliphatic carbocycles. The Morgan fingerprint density at radius 1 is 1.38 bits per heavy atom. The second-order valence-electron chi connectivity index (χ2n) is 4.90. The van der Waals surface area contributed by atoms with Gasteiger partial charge in [0.15, 0.2) is 0 Å². The summed E-state index contributed by atoms with van der Waals surface area (Å²) in [4.78, 5) is 14.6. The van der Waals surface area contributed by atoms with Crippen molar-refractivity contribution in [1.82, 2.24) is 9.55 Å². The molecular formula is C12H17N3O. The molecule has 0 fully saturated rings. The highest BCUT2D eigenvalue weighted by atomic mass is 16.1. The van der Waals surface area contributed by atoms with Gasteiger partial charge in [-0.1, -0.05) is 26.0 Å². The van der Waals surface area contributed by atoms with Gasteiger partial charge in [0, 0.05) is 6.54 Å². The standard InChI is InChI=1S/C12H17N3O/c1-12(2,7-13)8-15-10-6-4-3-5-9(10)14-11(15)16/h3-6H,7-8,13H2,1-2H3,(H,14,16). The van der Waals surface area contributed by atoms with Gasteiger partial charge in [0.25, 0.3) is 0 Å². The van der Waals surface area contributed by atoms with E-state index in [1.54, 1.807) is 4.57 Å². The van der Waals surface area contributed by atoms with E-state index in [0.29, 0.717) is 13.1 Å². The minimum atomic E-state index is -0.0746. The number of benzene rings is 1. The molecule has 4 nitrogen and oxygen atoms in total. The molecule has 1 heterocycles. The Labute approximate surface area is 94.1 Å². The average molecular weight is 219 g/mol. The van der Waals surface area contributed by atoms with Crippen LogP contribution in [0.4, 0.5) is 0 Å². The number of imidazole rings is 1. The lowest BCUT2D eigenvalue weighted by Gasteiger charge is -2.22. The van der Waals surface area contributed by atoms with Crippen molar-refractivity contribution in [3.05, 3.63) is 34.7 Å². The predicted octanol–water partition coefficient (Wildman–Crippen LogP) is 1.31. The van der Waals surface area contributed by atoms with Gasteiger partial charge in [-0.05, 0) is 24.1 Å². The molecule has 0 saturated carbocycles. The molecule has 0 aliphatic heterocycles. The fourth-order valence-corrected chi connectivity index (χ4v) is 1.76. The first kappa shape index (κ1) is 11.0. The number of aromatic nitrogens is 2. The van der Waals surface area contributed by atoms with E-state index in [4.69, 9.17) is 5.73 Å². The Kier molecular flexibility index (Phi) is 2.59. The van der Waals surface area contributed by atoms with Crippen LogP contribution in [0.3, 0.4) is 0 Å². The van der Waals surface area contributed by atoms with E-state index in [1.165, 1.54) is 0 Å². The van der Waals surface area contributed by atoms with Crippen molar-refractivity contribution in [2.24, 2.45) is 11.1 Å². The van der Waals surface area contributed by atoms with Gasteiger partial charge >= 0.3 is 5.69 Å². The third kappa shape index (κ3) is 1.88. The van der Waals surface area contributed by atoms with Crippen LogP contribution in [0.5, 0.6) is 0 Å². The molecule has 1 aromatic heterocycles. The first-order valence-corrected chi connectivity index (χ1v) is 5.41. The molecular weight excluding hydrogens is 202 g/mol. The molecule has 3 N–H and O–H groups in total. The Morgan fingerprint density at radius 2 is 2.06 bits per heavy atom. The van der Waals surface area contributed by atoms with Gasteiger partial charge in [-0.3, -0.25) is 4.57 Å². The molecule has 0 spiro atoms. The van der Waals surface area contributed by atoms with E-state index in [9.17, 15) is 4.79 Å². The van der Waals surface area contributed by atoms with Gasteiger partial charge in [0.05, 0.1) is 11.0 Å². The van der Waals surface area contributed by atoms with Crippen LogP contribution < -0.4 is 11.4 Å². The summed E-state index contributed by atoms with van der Waals surface area (Å²) < 4.78 is 1.75. The van der Waals surface area contributed by atoms with E-state index >= 15 is 0 Å². The van der Waals surface area contributed by atoms with Crippen LogP contribution in [-0.2, 0) is 6.54 Å². The lowest BCUT2D eigenvalue weighted by Crippen LogP contribution is -2.32. The summed E-state index contributed by atoms with van der Waals surface area (Å²) >= 11 is 0. The molecule has 0 unspecified atom stereocenters. The summed E-state index contributed by atoms with van der Waals surface area (Å²) in [6.45, 7) is 5.30. The molecule has 1 aromatic carbocycles. The topological polar surface area (TPSA) is 63.8 Å². The molecule has 0 aliphatic rings. The molecule has 2 rings (SSSR count). The molecule has 4 heteroatoms. The first-order valence-electron chi connectivity index (χ1n) is 5.41. The second-order valence-corrected chi connectivity index (χ2v) is 4.90. The number of rotatable bonds is 3. The number of aromatic amines is 1. The lowest BCUT2D eigenvalue weighted by atomic mass is 9.94. The van der Waals surface area contributed by atoms with Crippen molar-refractivity contribution in [3.63, 3.8) is 0 Å². The Balaban J connectivity index is 2.52. The van der Waals surface area contributed by atoms with E-state index in [-0.39, 0.29) is 11.1 Å². The fraction of sp³-hybridized carbons (Fsp3) is 0.417. The van der Waals surface area contributed by atoms with Gasteiger partial charge in [0.2, 0.25) is 0 Å². The van der Waals surface area contributed by atoms with Crippen molar-refractivity contribution >= 4 is 11.0 Å². The number of H-pyrrole nitrogens is 1. The maximum atomic E-state index is 11.8. The van der Waals surface area contributed by atoms with E-state index < -0.39 is 0 Å². The summed E-state index contributed by atoms with van der Waals surface area (Å²) in [7, 11) is 0. The summed E-state index contributed by atoms with van der Waals surface area (Å²) in [5, 5.41) is 0. The van der Waals surface area contributed by atoms with Crippen LogP contribution in [0.1, 0.15) is 13.8 Å². The molecule has 2 aromatic rings. The van der Waals surface area contributed by atoms with Crippen molar-refractivity contribution in [2.75, 3.05) is 6.54 Å². The quantitative estimate of drug-likeness (QED) is 0.817. The highest BCUT2D eigenvalue weighted by molar-refractivity contribution is 5.74. The molecule has 0 amide bonds. The molecule has 16 heavy (non-hydrogen) atoms. The van der Waals surface area contributed by atoms with E-state index in [1.807, 2.05) is 24.3 Å². The maximum absolute atomic E-state index is 11.8. The van der Waals surface area contributed by atoms with Crippen molar-refractivity contribution in [1.29, 1.82) is 0 Å². The second kappa shape index (κ2) is 3.79. The van der Waals surface area contributed by atoms with Crippen LogP contribution >= 0.6 is 0 Å². The molecule has 0 atom stereocenters. The minimum absolute atomic E-state index is 0.0669. The van der Waals surface area contributed by atoms with Crippen molar-refractivity contribution < 1.29 is 0 Å². The van der Waals surface area contributed by atoms with Crippen LogP contribution in [0, 0.1) is 5.41 Å². The van der Waals surface area contributed by atoms with Crippen LogP contribution in [-0.4, -0.2) is 16.1 Å². The van der Waals surface area contributed by atoms with E-state index in [0.717, 1.165) is 11.0 Å². The predicted molar refractivity (Wildman–Crippen MR) is 65.4 cm³/mol. The molecule has 86 valence electrons. The highest BCUT2D eigenvalue weighted by Gasteiger charge is 2.19. The zero-order valence-electron chi connectivity index (χ0n) is 9.66. The Morgan fingerprint density at radius 3 is 2.75 bits per heavy atom. The first-order chi connectivity index (χ1) is 7.53. The van der Waals surface area contributed by atoms with Crippen LogP contribution in [0.25, 0.3) is 11.0 Å². The zero-order valence-corrected chi connectivity index (χ0v) is 9.66. The number of nitrogens with zero attached hydrogens (tertiary/aromatic N) is 1. The fourth-order valence-electron chi connectivity index (χ4n) is 1.76. The van der Waals surface area contributed by atoms with Gasteiger partial charge < -0.3 is 10.7 Å². The van der Waals surface area contributed by atoms with Crippen LogP contribution in [0.2, 0.25) is 0 Å². The maximum Gasteiger partial charge on any atom is 0.326 e. The number of para-hydroxylation sites is 2. The third-order valence-corrected chi connectivity index (χ3v) is 2.82. The molecule has 0 bridgehead atoms. The number of fused-ring (bicyclic) bond motifs is 1. The van der Waals surface area contributed by atoms with Crippen molar-refractivity contribution in [2.45, 2.75) is 20.4 Å². The summed E-state index contributed by atoms with van der Waals surface area (Å²) in [6.07, 6.45) is 0. The minimum Gasteiger partial charge on any atom is -0.330 e. The monoisotopic (exact) mass is 219 g/mol. The summed E-state index contributed by atoms with van der Waals surface area (Å²) in [5.41, 5.74) is 7.36. The number of nitrogens with one attached hydrogen (secondary N) is 1. The normalized spacial score (nSPS) is 12.2. The van der Waals surface area contributed by atoms with Gasteiger partial charge in [-0.15, -0.1) is 0 Å². The summed E-state index contributed by atoms with van der Waals surface area (Å²) in [6, 6.07) is 7.70. The Bertz CT molecular complexity index is 551. The number of nitrogens with two attached hydrogens (primary N) is 1. The van der Waals surface area contributed by atoms with Gasteiger partial charge in [0.1, 0.15) is 0 Å². The number of hydrogen-bond acceptors (Lipinski definition) is 2. The van der Waals surface area contributed by atoms with Crippen LogP contribution in [0.15, 0.2) is 29.1 Å². The highest BCUT2D eigenvalue weighted by Crippen LogP contribution is 2.18.